The van der Waals surface area contributed by atoms with Crippen molar-refractivity contribution in [1.29, 1.82) is 0 Å². The molecule has 5 N–H and O–H groups in total. The van der Waals surface area contributed by atoms with E-state index in [-0.39, 0.29) is 11.5 Å². The molecule has 1 aromatic heterocycles. The zero-order valence-corrected chi connectivity index (χ0v) is 17.1. The first kappa shape index (κ1) is 20.9. The number of ether oxygens (including phenoxy) is 1. The highest BCUT2D eigenvalue weighted by atomic mass is 16.5. The first-order valence-electron chi connectivity index (χ1n) is 10.0. The molecule has 8 nitrogen and oxygen atoms in total. The molecule has 1 aliphatic heterocycles. The van der Waals surface area contributed by atoms with E-state index in [1.807, 2.05) is 26.0 Å². The van der Waals surface area contributed by atoms with Gasteiger partial charge in [-0.15, -0.1) is 0 Å². The molecule has 29 heavy (non-hydrogen) atoms. The van der Waals surface area contributed by atoms with Gasteiger partial charge >= 0.3 is 0 Å². The number of aromatic nitrogens is 1. The van der Waals surface area contributed by atoms with Crippen LogP contribution < -0.4 is 26.5 Å². The highest BCUT2D eigenvalue weighted by Gasteiger charge is 2.09. The first-order valence-corrected chi connectivity index (χ1v) is 10.0. The molecule has 0 atom stereocenters. The van der Waals surface area contributed by atoms with Gasteiger partial charge in [0.25, 0.3) is 0 Å². The third-order valence-electron chi connectivity index (χ3n) is 4.59. The predicted octanol–water partition coefficient (Wildman–Crippen LogP) is 1.50. The van der Waals surface area contributed by atoms with Gasteiger partial charge in [0.1, 0.15) is 24.0 Å². The lowest BCUT2D eigenvalue weighted by Gasteiger charge is -2.26. The molecule has 0 spiro atoms. The van der Waals surface area contributed by atoms with E-state index in [0.29, 0.717) is 23.6 Å². The zero-order valence-electron chi connectivity index (χ0n) is 17.1. The molecule has 2 heterocycles. The summed E-state index contributed by atoms with van der Waals surface area (Å²) in [6, 6.07) is 7.14. The molecule has 0 saturated carbocycles. The Bertz CT molecular complexity index is 928. The Morgan fingerprint density at radius 1 is 1.34 bits per heavy atom. The number of benzene rings is 1. The van der Waals surface area contributed by atoms with Crippen LogP contribution in [0.4, 0.5) is 5.82 Å². The SMILES string of the molecule is CC(C)N=C(N)/C=C\Nc1cc(=O)c2ccc(OCCN3CCNCC3)cc2[nH]1. The molecule has 0 aliphatic carbocycles. The van der Waals surface area contributed by atoms with Crippen LogP contribution in [0.15, 0.2) is 46.3 Å². The van der Waals surface area contributed by atoms with E-state index in [0.717, 1.165) is 44.0 Å². The molecule has 0 bridgehead atoms. The number of fused-ring (bicyclic) bond motifs is 1. The van der Waals surface area contributed by atoms with Crippen LogP contribution in [-0.4, -0.2) is 61.1 Å². The highest BCUT2D eigenvalue weighted by Crippen LogP contribution is 2.18. The number of aliphatic imine (C=N–C) groups is 1. The second-order valence-corrected chi connectivity index (χ2v) is 7.32. The molecular formula is C21H30N6O2. The standard InChI is InChI=1S/C21H30N6O2/c1-15(2)25-20(22)5-6-24-21-14-19(28)17-4-3-16(13-18(17)26-21)29-12-11-27-9-7-23-8-10-27/h3-6,13-15,23H,7-12H2,1-2H3,(H2,22,25)(H2,24,26,28)/b6-5-. The van der Waals surface area contributed by atoms with Gasteiger partial charge in [-0.05, 0) is 32.1 Å². The number of aromatic amines is 1. The van der Waals surface area contributed by atoms with Gasteiger partial charge in [0, 0.05) is 62.5 Å². The molecule has 8 heteroatoms. The lowest BCUT2D eigenvalue weighted by atomic mass is 10.2. The molecule has 0 radical (unpaired) electrons. The number of nitrogens with two attached hydrogens (primary N) is 1. The molecule has 1 saturated heterocycles. The van der Waals surface area contributed by atoms with Crippen LogP contribution in [0, 0.1) is 0 Å². The third kappa shape index (κ3) is 6.33. The van der Waals surface area contributed by atoms with Gasteiger partial charge in [0.15, 0.2) is 5.43 Å². The lowest BCUT2D eigenvalue weighted by Crippen LogP contribution is -2.44. The zero-order chi connectivity index (χ0) is 20.6. The monoisotopic (exact) mass is 398 g/mol. The van der Waals surface area contributed by atoms with Crippen molar-refractivity contribution in [2.45, 2.75) is 19.9 Å². The van der Waals surface area contributed by atoms with Gasteiger partial charge < -0.3 is 26.1 Å². The van der Waals surface area contributed by atoms with Crippen LogP contribution in [0.5, 0.6) is 5.75 Å². The number of hydrogen-bond donors (Lipinski definition) is 4. The highest BCUT2D eigenvalue weighted by molar-refractivity contribution is 5.91. The summed E-state index contributed by atoms with van der Waals surface area (Å²) >= 11 is 0. The van der Waals surface area contributed by atoms with Crippen LogP contribution in [0.25, 0.3) is 10.9 Å². The predicted molar refractivity (Wildman–Crippen MR) is 119 cm³/mol. The van der Waals surface area contributed by atoms with Crippen molar-refractivity contribution >= 4 is 22.6 Å². The number of pyridine rings is 1. The average molecular weight is 399 g/mol. The maximum atomic E-state index is 12.4. The molecule has 1 aliphatic rings. The molecule has 0 amide bonds. The van der Waals surface area contributed by atoms with Crippen molar-refractivity contribution in [2.75, 3.05) is 44.6 Å². The van der Waals surface area contributed by atoms with Crippen molar-refractivity contribution in [2.24, 2.45) is 10.7 Å². The molecule has 1 aromatic carbocycles. The number of nitrogens with zero attached hydrogens (tertiary/aromatic N) is 2. The fourth-order valence-corrected chi connectivity index (χ4v) is 3.18. The molecule has 3 rings (SSSR count). The Morgan fingerprint density at radius 2 is 2.14 bits per heavy atom. The van der Waals surface area contributed by atoms with Crippen molar-refractivity contribution in [3.63, 3.8) is 0 Å². The van der Waals surface area contributed by atoms with E-state index in [4.69, 9.17) is 10.5 Å². The van der Waals surface area contributed by atoms with Crippen LogP contribution >= 0.6 is 0 Å². The van der Waals surface area contributed by atoms with E-state index in [9.17, 15) is 4.79 Å². The average Bonchev–Trinajstić information content (AvgIpc) is 2.68. The quantitative estimate of drug-likeness (QED) is 0.397. The van der Waals surface area contributed by atoms with E-state index >= 15 is 0 Å². The third-order valence-corrected chi connectivity index (χ3v) is 4.59. The summed E-state index contributed by atoms with van der Waals surface area (Å²) in [7, 11) is 0. The van der Waals surface area contributed by atoms with Gasteiger partial charge in [-0.3, -0.25) is 14.7 Å². The van der Waals surface area contributed by atoms with E-state index in [1.54, 1.807) is 18.3 Å². The van der Waals surface area contributed by atoms with Crippen LogP contribution in [0.1, 0.15) is 13.8 Å². The van der Waals surface area contributed by atoms with Crippen molar-refractivity contribution in [1.82, 2.24) is 15.2 Å². The van der Waals surface area contributed by atoms with Gasteiger partial charge in [-0.2, -0.15) is 0 Å². The summed E-state index contributed by atoms with van der Waals surface area (Å²) in [4.78, 5) is 22.2. The topological polar surface area (TPSA) is 108 Å². The summed E-state index contributed by atoms with van der Waals surface area (Å²) in [5.74, 6) is 1.74. The number of nitrogens with one attached hydrogen (secondary N) is 3. The Balaban J connectivity index is 1.65. The lowest BCUT2D eigenvalue weighted by molar-refractivity contribution is 0.191. The van der Waals surface area contributed by atoms with Crippen molar-refractivity contribution < 1.29 is 4.74 Å². The number of piperazine rings is 1. The molecule has 0 unspecified atom stereocenters. The second kappa shape index (κ2) is 10.1. The Hall–Kier alpha value is -2.84. The summed E-state index contributed by atoms with van der Waals surface area (Å²) < 4.78 is 5.90. The number of rotatable bonds is 8. The number of H-pyrrole nitrogens is 1. The maximum absolute atomic E-state index is 12.4. The number of amidine groups is 1. The summed E-state index contributed by atoms with van der Waals surface area (Å²) in [5, 5.41) is 7.00. The molecule has 2 aromatic rings. The van der Waals surface area contributed by atoms with Crippen molar-refractivity contribution in [3.8, 4) is 5.75 Å². The molecular weight excluding hydrogens is 368 g/mol. The summed E-state index contributed by atoms with van der Waals surface area (Å²) in [6.07, 6.45) is 3.32. The number of anilines is 1. The molecule has 156 valence electrons. The van der Waals surface area contributed by atoms with Gasteiger partial charge in [-0.25, -0.2) is 0 Å². The Kier molecular flexibility index (Phi) is 7.26. The van der Waals surface area contributed by atoms with Gasteiger partial charge in [0.05, 0.1) is 5.52 Å². The minimum atomic E-state index is -0.0640. The maximum Gasteiger partial charge on any atom is 0.191 e. The minimum absolute atomic E-state index is 0.0640. The first-order chi connectivity index (χ1) is 14.0. The fourth-order valence-electron chi connectivity index (χ4n) is 3.18. The Morgan fingerprint density at radius 3 is 2.90 bits per heavy atom. The number of hydrogen-bond acceptors (Lipinski definition) is 6. The summed E-state index contributed by atoms with van der Waals surface area (Å²) in [5.41, 5.74) is 6.46. The Labute approximate surface area is 170 Å². The van der Waals surface area contributed by atoms with E-state index < -0.39 is 0 Å². The normalized spacial score (nSPS) is 16.0. The largest absolute Gasteiger partial charge is 0.492 e. The van der Waals surface area contributed by atoms with Crippen LogP contribution in [0.3, 0.4) is 0 Å². The minimum Gasteiger partial charge on any atom is -0.492 e. The fraction of sp³-hybridized carbons (Fsp3) is 0.429. The molecule has 1 fully saturated rings. The smallest absolute Gasteiger partial charge is 0.191 e. The van der Waals surface area contributed by atoms with Crippen molar-refractivity contribution in [3.05, 3.63) is 46.8 Å². The van der Waals surface area contributed by atoms with Crippen LogP contribution in [-0.2, 0) is 0 Å². The van der Waals surface area contributed by atoms with Gasteiger partial charge in [0.2, 0.25) is 0 Å². The second-order valence-electron chi connectivity index (χ2n) is 7.32. The van der Waals surface area contributed by atoms with E-state index in [1.165, 1.54) is 6.07 Å². The van der Waals surface area contributed by atoms with Crippen LogP contribution in [0.2, 0.25) is 0 Å². The van der Waals surface area contributed by atoms with E-state index in [2.05, 4.69) is 25.5 Å². The van der Waals surface area contributed by atoms with Gasteiger partial charge in [-0.1, -0.05) is 0 Å². The summed E-state index contributed by atoms with van der Waals surface area (Å²) in [6.45, 7) is 9.56.